The normalized spacial score (nSPS) is 11.5. The van der Waals surface area contributed by atoms with Crippen LogP contribution in [0.2, 0.25) is 0 Å². The molecule has 150 valence electrons. The first-order valence-electron chi connectivity index (χ1n) is 9.61. The van der Waals surface area contributed by atoms with Crippen molar-refractivity contribution in [3.05, 3.63) is 94.4 Å². The molecule has 0 atom stereocenters. The van der Waals surface area contributed by atoms with Crippen molar-refractivity contribution in [2.45, 2.75) is 13.8 Å². The van der Waals surface area contributed by atoms with Gasteiger partial charge in [-0.15, -0.1) is 0 Å². The van der Waals surface area contributed by atoms with E-state index in [0.717, 1.165) is 22.7 Å². The highest BCUT2D eigenvalue weighted by molar-refractivity contribution is 6.04. The maximum absolute atomic E-state index is 13.4. The zero-order chi connectivity index (χ0) is 21.1. The smallest absolute Gasteiger partial charge is 0.280 e. The monoisotopic (exact) mass is 398 g/mol. The van der Waals surface area contributed by atoms with E-state index in [4.69, 9.17) is 4.74 Å². The lowest BCUT2D eigenvalue weighted by Crippen LogP contribution is -2.19. The Kier molecular flexibility index (Phi) is 5.30. The number of H-pyrrole nitrogens is 1. The molecule has 0 fully saturated rings. The maximum Gasteiger partial charge on any atom is 0.280 e. The van der Waals surface area contributed by atoms with Gasteiger partial charge in [0.15, 0.2) is 5.82 Å². The molecule has 0 spiro atoms. The number of nitrogens with zero attached hydrogens (tertiary/aromatic N) is 3. The lowest BCUT2D eigenvalue weighted by atomic mass is 10.1. The molecule has 0 unspecified atom stereocenters. The number of pyridine rings is 1. The predicted molar refractivity (Wildman–Crippen MR) is 119 cm³/mol. The minimum absolute atomic E-state index is 0.166. The first kappa shape index (κ1) is 19.4. The van der Waals surface area contributed by atoms with Gasteiger partial charge in [0.25, 0.3) is 5.56 Å². The van der Waals surface area contributed by atoms with Gasteiger partial charge in [0, 0.05) is 11.3 Å². The van der Waals surface area contributed by atoms with E-state index >= 15 is 0 Å². The second kappa shape index (κ2) is 8.21. The third kappa shape index (κ3) is 3.80. The number of aryl methyl sites for hydroxylation is 1. The SMILES string of the molecule is COc1ccc(-c2[nH]n(-c3ccccc3)c(=O)c2/C(C)=N/c2cccc(C)n2)cc1. The van der Waals surface area contributed by atoms with Gasteiger partial charge in [0.1, 0.15) is 5.75 Å². The Hall–Kier alpha value is -3.93. The molecule has 0 aliphatic carbocycles. The van der Waals surface area contributed by atoms with E-state index in [2.05, 4.69) is 15.1 Å². The lowest BCUT2D eigenvalue weighted by Gasteiger charge is -2.05. The number of methoxy groups -OCH3 is 1. The molecule has 2 aromatic heterocycles. The zero-order valence-corrected chi connectivity index (χ0v) is 17.1. The third-order valence-electron chi connectivity index (χ3n) is 4.80. The number of hydrogen-bond donors (Lipinski definition) is 1. The molecule has 6 heteroatoms. The molecule has 0 saturated carbocycles. The summed E-state index contributed by atoms with van der Waals surface area (Å²) in [7, 11) is 1.62. The fourth-order valence-electron chi connectivity index (χ4n) is 3.32. The number of benzene rings is 2. The molecule has 0 saturated heterocycles. The van der Waals surface area contributed by atoms with Gasteiger partial charge in [0.05, 0.1) is 29.8 Å². The van der Waals surface area contributed by atoms with Crippen molar-refractivity contribution in [1.29, 1.82) is 0 Å². The van der Waals surface area contributed by atoms with Gasteiger partial charge < -0.3 is 4.74 Å². The van der Waals surface area contributed by atoms with Crippen molar-refractivity contribution >= 4 is 11.5 Å². The van der Waals surface area contributed by atoms with Gasteiger partial charge in [-0.3, -0.25) is 9.89 Å². The Bertz CT molecular complexity index is 1250. The molecule has 30 heavy (non-hydrogen) atoms. The second-order valence-corrected chi connectivity index (χ2v) is 6.90. The number of aliphatic imine (C=N–C) groups is 1. The molecule has 2 aromatic carbocycles. The van der Waals surface area contributed by atoms with Gasteiger partial charge in [0.2, 0.25) is 0 Å². The van der Waals surface area contributed by atoms with Crippen molar-refractivity contribution in [3.8, 4) is 22.7 Å². The average Bonchev–Trinajstić information content (AvgIpc) is 3.11. The van der Waals surface area contributed by atoms with Crippen LogP contribution in [0.3, 0.4) is 0 Å². The molecular weight excluding hydrogens is 376 g/mol. The van der Waals surface area contributed by atoms with E-state index < -0.39 is 0 Å². The summed E-state index contributed by atoms with van der Waals surface area (Å²) in [5.41, 5.74) is 4.12. The quantitative estimate of drug-likeness (QED) is 0.496. The standard InChI is InChI=1S/C24H22N4O2/c1-16-8-7-11-21(25-16)26-17(2)22-23(18-12-14-20(30-3)15-13-18)27-28(24(22)29)19-9-5-4-6-10-19/h4-15,27H,1-3H3/b26-17+. The Balaban J connectivity index is 1.90. The number of hydrogen-bond acceptors (Lipinski definition) is 4. The molecule has 0 aliphatic heterocycles. The number of aromatic nitrogens is 3. The highest BCUT2D eigenvalue weighted by atomic mass is 16.5. The molecule has 4 aromatic rings. The van der Waals surface area contributed by atoms with Crippen LogP contribution in [0.15, 0.2) is 82.6 Å². The van der Waals surface area contributed by atoms with Crippen LogP contribution in [-0.4, -0.2) is 27.6 Å². The van der Waals surface area contributed by atoms with Crippen LogP contribution in [-0.2, 0) is 0 Å². The summed E-state index contributed by atoms with van der Waals surface area (Å²) in [6.07, 6.45) is 0. The Morgan fingerprint density at radius 1 is 1.00 bits per heavy atom. The minimum atomic E-state index is -0.166. The first-order valence-corrected chi connectivity index (χ1v) is 9.61. The van der Waals surface area contributed by atoms with Gasteiger partial charge in [-0.25, -0.2) is 14.7 Å². The van der Waals surface area contributed by atoms with Crippen molar-refractivity contribution < 1.29 is 4.74 Å². The van der Waals surface area contributed by atoms with Gasteiger partial charge >= 0.3 is 0 Å². The lowest BCUT2D eigenvalue weighted by molar-refractivity contribution is 0.415. The van der Waals surface area contributed by atoms with E-state index in [1.54, 1.807) is 7.11 Å². The van der Waals surface area contributed by atoms with Crippen LogP contribution in [0.4, 0.5) is 5.82 Å². The van der Waals surface area contributed by atoms with Gasteiger partial charge in [-0.1, -0.05) is 24.3 Å². The van der Waals surface area contributed by atoms with Crippen molar-refractivity contribution in [1.82, 2.24) is 14.8 Å². The van der Waals surface area contributed by atoms with Crippen molar-refractivity contribution in [2.24, 2.45) is 4.99 Å². The fourth-order valence-corrected chi connectivity index (χ4v) is 3.32. The van der Waals surface area contributed by atoms with Crippen LogP contribution in [0.1, 0.15) is 18.2 Å². The topological polar surface area (TPSA) is 72.3 Å². The summed E-state index contributed by atoms with van der Waals surface area (Å²) in [4.78, 5) is 22.5. The fraction of sp³-hybridized carbons (Fsp3) is 0.125. The number of para-hydroxylation sites is 1. The average molecular weight is 398 g/mol. The summed E-state index contributed by atoms with van der Waals surface area (Å²) in [5, 5.41) is 3.26. The zero-order valence-electron chi connectivity index (χ0n) is 17.1. The Labute approximate surface area is 174 Å². The number of ether oxygens (including phenoxy) is 1. The van der Waals surface area contributed by atoms with E-state index in [1.807, 2.05) is 86.6 Å². The summed E-state index contributed by atoms with van der Waals surface area (Å²) >= 11 is 0. The van der Waals surface area contributed by atoms with Crippen LogP contribution in [0.25, 0.3) is 16.9 Å². The Morgan fingerprint density at radius 3 is 2.40 bits per heavy atom. The highest BCUT2D eigenvalue weighted by Gasteiger charge is 2.19. The van der Waals surface area contributed by atoms with Crippen LogP contribution < -0.4 is 10.3 Å². The van der Waals surface area contributed by atoms with E-state index in [-0.39, 0.29) is 5.56 Å². The van der Waals surface area contributed by atoms with Crippen LogP contribution in [0.5, 0.6) is 5.75 Å². The number of rotatable bonds is 5. The summed E-state index contributed by atoms with van der Waals surface area (Å²) in [6.45, 7) is 3.74. The molecule has 6 nitrogen and oxygen atoms in total. The molecule has 1 N–H and O–H groups in total. The molecule has 4 rings (SSSR count). The van der Waals surface area contributed by atoms with Crippen molar-refractivity contribution in [2.75, 3.05) is 7.11 Å². The highest BCUT2D eigenvalue weighted by Crippen LogP contribution is 2.25. The molecule has 0 amide bonds. The molecule has 0 radical (unpaired) electrons. The predicted octanol–water partition coefficient (Wildman–Crippen LogP) is 4.69. The van der Waals surface area contributed by atoms with E-state index in [0.29, 0.717) is 22.8 Å². The number of aromatic amines is 1. The minimum Gasteiger partial charge on any atom is -0.497 e. The summed E-state index contributed by atoms with van der Waals surface area (Å²) in [5.74, 6) is 1.32. The molecule has 2 heterocycles. The molecular formula is C24H22N4O2. The second-order valence-electron chi connectivity index (χ2n) is 6.90. The first-order chi connectivity index (χ1) is 14.6. The summed E-state index contributed by atoms with van der Waals surface area (Å²) in [6, 6.07) is 22.7. The maximum atomic E-state index is 13.4. The van der Waals surface area contributed by atoms with Gasteiger partial charge in [-0.2, -0.15) is 0 Å². The van der Waals surface area contributed by atoms with E-state index in [1.165, 1.54) is 4.68 Å². The summed E-state index contributed by atoms with van der Waals surface area (Å²) < 4.78 is 6.80. The molecule has 0 bridgehead atoms. The molecule has 0 aliphatic rings. The largest absolute Gasteiger partial charge is 0.497 e. The number of nitrogens with one attached hydrogen (secondary N) is 1. The van der Waals surface area contributed by atoms with E-state index in [9.17, 15) is 4.79 Å². The van der Waals surface area contributed by atoms with Crippen LogP contribution in [0, 0.1) is 6.92 Å². The third-order valence-corrected chi connectivity index (χ3v) is 4.80. The Morgan fingerprint density at radius 2 is 1.73 bits per heavy atom. The van der Waals surface area contributed by atoms with Crippen molar-refractivity contribution in [3.63, 3.8) is 0 Å². The van der Waals surface area contributed by atoms with Crippen LogP contribution >= 0.6 is 0 Å². The van der Waals surface area contributed by atoms with Gasteiger partial charge in [-0.05, 0) is 62.4 Å².